The van der Waals surface area contributed by atoms with Crippen LogP contribution in [0.15, 0.2) is 36.5 Å². The fourth-order valence-corrected chi connectivity index (χ4v) is 1.45. The summed E-state index contributed by atoms with van der Waals surface area (Å²) in [6.45, 7) is 0. The van der Waals surface area contributed by atoms with Gasteiger partial charge in [0.25, 0.3) is 5.69 Å². The summed E-state index contributed by atoms with van der Waals surface area (Å²) in [6, 6.07) is 7.18. The van der Waals surface area contributed by atoms with E-state index in [2.05, 4.69) is 4.98 Å². The summed E-state index contributed by atoms with van der Waals surface area (Å²) in [4.78, 5) is 14.2. The van der Waals surface area contributed by atoms with Gasteiger partial charge in [-0.3, -0.25) is 10.1 Å². The number of pyridine rings is 1. The summed E-state index contributed by atoms with van der Waals surface area (Å²) >= 11 is 0. The lowest BCUT2D eigenvalue weighted by molar-refractivity contribution is -0.384. The molecule has 0 saturated carbocycles. The van der Waals surface area contributed by atoms with Gasteiger partial charge in [-0.25, -0.2) is 4.98 Å². The standard InChI is InChI=1S/C12H11N3O4/c1-18-10-3-2-9(15(16)17)7-11(10)19-12-6-8(13)4-5-14-12/h2-7H,1H3,(H2,13,14). The monoisotopic (exact) mass is 261 g/mol. The molecule has 19 heavy (non-hydrogen) atoms. The van der Waals surface area contributed by atoms with Gasteiger partial charge in [0.15, 0.2) is 11.5 Å². The first-order valence-corrected chi connectivity index (χ1v) is 5.32. The van der Waals surface area contributed by atoms with E-state index < -0.39 is 4.92 Å². The molecular formula is C12H11N3O4. The fourth-order valence-electron chi connectivity index (χ4n) is 1.45. The van der Waals surface area contributed by atoms with Gasteiger partial charge < -0.3 is 15.2 Å². The van der Waals surface area contributed by atoms with Crippen molar-refractivity contribution >= 4 is 11.4 Å². The maximum Gasteiger partial charge on any atom is 0.273 e. The topological polar surface area (TPSA) is 101 Å². The molecule has 98 valence electrons. The van der Waals surface area contributed by atoms with Crippen LogP contribution in [0.25, 0.3) is 0 Å². The first kappa shape index (κ1) is 12.6. The molecular weight excluding hydrogens is 250 g/mol. The SMILES string of the molecule is COc1ccc([N+](=O)[O-])cc1Oc1cc(N)ccn1. The van der Waals surface area contributed by atoms with Crippen LogP contribution in [-0.2, 0) is 0 Å². The summed E-state index contributed by atoms with van der Waals surface area (Å²) in [5.41, 5.74) is 5.98. The Hall–Kier alpha value is -2.83. The van der Waals surface area contributed by atoms with Gasteiger partial charge in [-0.2, -0.15) is 0 Å². The lowest BCUT2D eigenvalue weighted by atomic mass is 10.3. The van der Waals surface area contributed by atoms with E-state index in [1.54, 1.807) is 6.07 Å². The van der Waals surface area contributed by atoms with Gasteiger partial charge in [0, 0.05) is 24.0 Å². The van der Waals surface area contributed by atoms with E-state index in [4.69, 9.17) is 15.2 Å². The maximum absolute atomic E-state index is 10.7. The minimum absolute atomic E-state index is 0.0975. The summed E-state index contributed by atoms with van der Waals surface area (Å²) < 4.78 is 10.5. The first-order chi connectivity index (χ1) is 9.10. The molecule has 7 heteroatoms. The zero-order valence-corrected chi connectivity index (χ0v) is 10.1. The number of ether oxygens (including phenoxy) is 2. The largest absolute Gasteiger partial charge is 0.493 e. The lowest BCUT2D eigenvalue weighted by Crippen LogP contribution is -1.95. The summed E-state index contributed by atoms with van der Waals surface area (Å²) in [6.07, 6.45) is 1.48. The molecule has 0 aliphatic heterocycles. The van der Waals surface area contributed by atoms with Gasteiger partial charge >= 0.3 is 0 Å². The Morgan fingerprint density at radius 1 is 1.26 bits per heavy atom. The Labute approximate surface area is 108 Å². The predicted octanol–water partition coefficient (Wildman–Crippen LogP) is 2.37. The second kappa shape index (κ2) is 5.21. The second-order valence-corrected chi connectivity index (χ2v) is 3.62. The number of non-ortho nitro benzene ring substituents is 1. The van der Waals surface area contributed by atoms with Crippen LogP contribution >= 0.6 is 0 Å². The van der Waals surface area contributed by atoms with Gasteiger partial charge in [0.05, 0.1) is 18.1 Å². The zero-order valence-electron chi connectivity index (χ0n) is 10.1. The quantitative estimate of drug-likeness (QED) is 0.669. The van der Waals surface area contributed by atoms with E-state index in [1.165, 1.54) is 37.6 Å². The van der Waals surface area contributed by atoms with Crippen LogP contribution in [0.5, 0.6) is 17.4 Å². The number of benzene rings is 1. The Morgan fingerprint density at radius 2 is 2.05 bits per heavy atom. The number of nitro groups is 1. The van der Waals surface area contributed by atoms with Gasteiger partial charge in [0.1, 0.15) is 0 Å². The van der Waals surface area contributed by atoms with E-state index >= 15 is 0 Å². The minimum Gasteiger partial charge on any atom is -0.493 e. The van der Waals surface area contributed by atoms with E-state index in [9.17, 15) is 10.1 Å². The van der Waals surface area contributed by atoms with Gasteiger partial charge in [-0.05, 0) is 12.1 Å². The van der Waals surface area contributed by atoms with Crippen LogP contribution < -0.4 is 15.2 Å². The Bertz CT molecular complexity index is 616. The molecule has 0 amide bonds. The molecule has 7 nitrogen and oxygen atoms in total. The van der Waals surface area contributed by atoms with Gasteiger partial charge in [-0.1, -0.05) is 0 Å². The highest BCUT2D eigenvalue weighted by Gasteiger charge is 2.13. The van der Waals surface area contributed by atoms with Crippen molar-refractivity contribution in [3.8, 4) is 17.4 Å². The average Bonchev–Trinajstić information content (AvgIpc) is 2.38. The van der Waals surface area contributed by atoms with Crippen LogP contribution in [-0.4, -0.2) is 17.0 Å². The molecule has 0 unspecified atom stereocenters. The second-order valence-electron chi connectivity index (χ2n) is 3.62. The number of nitrogens with zero attached hydrogens (tertiary/aromatic N) is 2. The number of hydrogen-bond donors (Lipinski definition) is 1. The van der Waals surface area contributed by atoms with E-state index in [1.807, 2.05) is 0 Å². The molecule has 0 bridgehead atoms. The number of rotatable bonds is 4. The Morgan fingerprint density at radius 3 is 2.68 bits per heavy atom. The maximum atomic E-state index is 10.7. The molecule has 2 N–H and O–H groups in total. The fraction of sp³-hybridized carbons (Fsp3) is 0.0833. The summed E-state index contributed by atoms with van der Waals surface area (Å²) in [5, 5.41) is 10.7. The van der Waals surface area contributed by atoms with Crippen molar-refractivity contribution in [2.75, 3.05) is 12.8 Å². The van der Waals surface area contributed by atoms with Crippen molar-refractivity contribution in [1.29, 1.82) is 0 Å². The lowest BCUT2D eigenvalue weighted by Gasteiger charge is -2.09. The van der Waals surface area contributed by atoms with Crippen molar-refractivity contribution in [2.45, 2.75) is 0 Å². The molecule has 0 saturated heterocycles. The number of hydrogen-bond acceptors (Lipinski definition) is 6. The van der Waals surface area contributed by atoms with Crippen LogP contribution in [0.3, 0.4) is 0 Å². The molecule has 0 aliphatic carbocycles. The summed E-state index contributed by atoms with van der Waals surface area (Å²) in [5.74, 6) is 0.809. The van der Waals surface area contributed by atoms with Crippen LogP contribution in [0.2, 0.25) is 0 Å². The van der Waals surface area contributed by atoms with Gasteiger partial charge in [0.2, 0.25) is 5.88 Å². The molecule has 0 radical (unpaired) electrons. The molecule has 1 aromatic heterocycles. The van der Waals surface area contributed by atoms with Gasteiger partial charge in [-0.15, -0.1) is 0 Å². The van der Waals surface area contributed by atoms with E-state index in [-0.39, 0.29) is 17.3 Å². The highest BCUT2D eigenvalue weighted by atomic mass is 16.6. The molecule has 0 atom stereocenters. The molecule has 2 aromatic rings. The first-order valence-electron chi connectivity index (χ1n) is 5.32. The molecule has 0 spiro atoms. The third kappa shape index (κ3) is 2.89. The number of aromatic nitrogens is 1. The van der Waals surface area contributed by atoms with Crippen molar-refractivity contribution in [3.05, 3.63) is 46.6 Å². The molecule has 0 aliphatic rings. The highest BCUT2D eigenvalue weighted by molar-refractivity contribution is 5.50. The molecule has 1 aromatic carbocycles. The number of nitro benzene ring substituents is 1. The zero-order chi connectivity index (χ0) is 13.8. The number of nitrogens with two attached hydrogens (primary N) is 1. The van der Waals surface area contributed by atoms with Crippen molar-refractivity contribution in [3.63, 3.8) is 0 Å². The van der Waals surface area contributed by atoms with Crippen molar-refractivity contribution in [1.82, 2.24) is 4.98 Å². The van der Waals surface area contributed by atoms with E-state index in [0.717, 1.165) is 0 Å². The van der Waals surface area contributed by atoms with Crippen LogP contribution in [0.1, 0.15) is 0 Å². The third-order valence-corrected chi connectivity index (χ3v) is 2.33. The number of anilines is 1. The van der Waals surface area contributed by atoms with Crippen molar-refractivity contribution < 1.29 is 14.4 Å². The Balaban J connectivity index is 2.37. The van der Waals surface area contributed by atoms with Crippen molar-refractivity contribution in [2.24, 2.45) is 0 Å². The molecule has 1 heterocycles. The summed E-state index contributed by atoms with van der Waals surface area (Å²) in [7, 11) is 1.45. The predicted molar refractivity (Wildman–Crippen MR) is 68.4 cm³/mol. The third-order valence-electron chi connectivity index (χ3n) is 2.33. The normalized spacial score (nSPS) is 9.95. The molecule has 2 rings (SSSR count). The highest BCUT2D eigenvalue weighted by Crippen LogP contribution is 2.34. The van der Waals surface area contributed by atoms with E-state index in [0.29, 0.717) is 11.4 Å². The molecule has 0 fully saturated rings. The average molecular weight is 261 g/mol. The number of nitrogen functional groups attached to an aromatic ring is 1. The van der Waals surface area contributed by atoms with Crippen LogP contribution in [0.4, 0.5) is 11.4 Å². The Kier molecular flexibility index (Phi) is 3.46. The number of methoxy groups -OCH3 is 1. The smallest absolute Gasteiger partial charge is 0.273 e. The van der Waals surface area contributed by atoms with Crippen LogP contribution in [0, 0.1) is 10.1 Å². The minimum atomic E-state index is -0.515.